The van der Waals surface area contributed by atoms with Crippen molar-refractivity contribution in [3.63, 3.8) is 0 Å². The quantitative estimate of drug-likeness (QED) is 0.572. The van der Waals surface area contributed by atoms with Crippen molar-refractivity contribution in [3.8, 4) is 11.3 Å². The zero-order chi connectivity index (χ0) is 19.8. The molecule has 0 amide bonds. The Balaban J connectivity index is 0.00000218. The van der Waals surface area contributed by atoms with E-state index in [9.17, 15) is 0 Å². The largest absolute Gasteiger partial charge is 0.354 e. The van der Waals surface area contributed by atoms with Gasteiger partial charge in [-0.05, 0) is 50.8 Å². The van der Waals surface area contributed by atoms with Gasteiger partial charge in [0.1, 0.15) is 5.82 Å². The van der Waals surface area contributed by atoms with Crippen LogP contribution in [0.1, 0.15) is 37.4 Å². The summed E-state index contributed by atoms with van der Waals surface area (Å²) in [4.78, 5) is 10.1. The highest BCUT2D eigenvalue weighted by atomic mass is 35.5. The van der Waals surface area contributed by atoms with E-state index in [1.165, 1.54) is 42.9 Å². The second kappa shape index (κ2) is 9.13. The maximum Gasteiger partial charge on any atom is 0.158 e. The number of piperazine rings is 1. The third-order valence-electron chi connectivity index (χ3n) is 6.20. The molecule has 1 aliphatic carbocycles. The summed E-state index contributed by atoms with van der Waals surface area (Å²) in [7, 11) is 0. The molecule has 5 nitrogen and oxygen atoms in total. The molecular formula is C23H29Cl2N5. The second-order valence-corrected chi connectivity index (χ2v) is 8.64. The van der Waals surface area contributed by atoms with Gasteiger partial charge in [0.15, 0.2) is 5.65 Å². The Bertz CT molecular complexity index is 1010. The van der Waals surface area contributed by atoms with E-state index >= 15 is 0 Å². The lowest BCUT2D eigenvalue weighted by Gasteiger charge is -2.37. The number of halogens is 2. The number of aromatic nitrogens is 3. The first-order valence-electron chi connectivity index (χ1n) is 10.9. The minimum Gasteiger partial charge on any atom is -0.354 e. The van der Waals surface area contributed by atoms with Crippen LogP contribution in [0.5, 0.6) is 0 Å². The Morgan fingerprint density at radius 3 is 2.47 bits per heavy atom. The fourth-order valence-corrected chi connectivity index (χ4v) is 4.84. The van der Waals surface area contributed by atoms with Gasteiger partial charge in [0.25, 0.3) is 0 Å². The summed E-state index contributed by atoms with van der Waals surface area (Å²) >= 11 is 6.08. The van der Waals surface area contributed by atoms with Gasteiger partial charge in [-0.2, -0.15) is 9.61 Å². The molecule has 2 aliphatic rings. The molecular weight excluding hydrogens is 417 g/mol. The lowest BCUT2D eigenvalue weighted by atomic mass is 9.96. The van der Waals surface area contributed by atoms with E-state index in [-0.39, 0.29) is 12.4 Å². The van der Waals surface area contributed by atoms with Crippen molar-refractivity contribution in [1.29, 1.82) is 0 Å². The van der Waals surface area contributed by atoms with Crippen LogP contribution in [0.25, 0.3) is 16.9 Å². The molecule has 1 aliphatic heterocycles. The minimum absolute atomic E-state index is 0. The van der Waals surface area contributed by atoms with Crippen LogP contribution in [0.3, 0.4) is 0 Å². The van der Waals surface area contributed by atoms with Gasteiger partial charge in [-0.15, -0.1) is 12.4 Å². The summed E-state index contributed by atoms with van der Waals surface area (Å²) in [6, 6.07) is 10.0. The van der Waals surface area contributed by atoms with E-state index in [0.29, 0.717) is 0 Å². The van der Waals surface area contributed by atoms with Crippen molar-refractivity contribution < 1.29 is 0 Å². The van der Waals surface area contributed by atoms with E-state index < -0.39 is 0 Å². The summed E-state index contributed by atoms with van der Waals surface area (Å²) in [5, 5.41) is 5.75. The van der Waals surface area contributed by atoms with E-state index in [4.69, 9.17) is 21.7 Å². The van der Waals surface area contributed by atoms with Crippen LogP contribution in [0.15, 0.2) is 30.3 Å². The number of nitrogens with zero attached hydrogens (tertiary/aromatic N) is 5. The molecule has 1 aromatic carbocycles. The monoisotopic (exact) mass is 445 g/mol. The molecule has 0 spiro atoms. The molecule has 160 valence electrons. The Labute approximate surface area is 189 Å². The number of anilines is 1. The first-order valence-corrected chi connectivity index (χ1v) is 11.3. The molecule has 0 N–H and O–H groups in total. The Kier molecular flexibility index (Phi) is 6.51. The lowest BCUT2D eigenvalue weighted by molar-refractivity contribution is 0.257. The van der Waals surface area contributed by atoms with Crippen LogP contribution in [0.4, 0.5) is 5.82 Å². The van der Waals surface area contributed by atoms with Gasteiger partial charge in [0, 0.05) is 54.1 Å². The van der Waals surface area contributed by atoms with Gasteiger partial charge in [-0.1, -0.05) is 30.7 Å². The molecule has 3 heterocycles. The third-order valence-corrected chi connectivity index (χ3v) is 6.45. The van der Waals surface area contributed by atoms with E-state index in [1.807, 2.05) is 24.3 Å². The third kappa shape index (κ3) is 4.03. The number of hydrogen-bond donors (Lipinski definition) is 0. The molecule has 0 radical (unpaired) electrons. The van der Waals surface area contributed by atoms with Crippen molar-refractivity contribution in [2.24, 2.45) is 0 Å². The normalized spacial score (nSPS) is 17.1. The minimum atomic E-state index is 0. The smallest absolute Gasteiger partial charge is 0.158 e. The van der Waals surface area contributed by atoms with Gasteiger partial charge < -0.3 is 4.90 Å². The van der Waals surface area contributed by atoms with Gasteiger partial charge in [-0.3, -0.25) is 4.90 Å². The number of benzene rings is 1. The van der Waals surface area contributed by atoms with Crippen LogP contribution in [0, 0.1) is 0 Å². The highest BCUT2D eigenvalue weighted by molar-refractivity contribution is 6.30. The molecule has 30 heavy (non-hydrogen) atoms. The molecule has 0 unspecified atom stereocenters. The summed E-state index contributed by atoms with van der Waals surface area (Å²) in [5.74, 6) is 1.28. The van der Waals surface area contributed by atoms with Crippen molar-refractivity contribution in [1.82, 2.24) is 19.5 Å². The molecule has 0 saturated carbocycles. The first-order chi connectivity index (χ1) is 14.2. The van der Waals surface area contributed by atoms with Gasteiger partial charge in [-0.25, -0.2) is 4.98 Å². The van der Waals surface area contributed by atoms with Crippen LogP contribution in [0.2, 0.25) is 5.02 Å². The molecule has 0 bridgehead atoms. The SMILES string of the molecule is CCCN1CCN(c2c3c(nc4cc(-c5ccc(Cl)cc5)nn24)CCCC3)CC1.Cl. The van der Waals surface area contributed by atoms with Gasteiger partial charge >= 0.3 is 0 Å². The van der Waals surface area contributed by atoms with E-state index in [1.54, 1.807) is 0 Å². The van der Waals surface area contributed by atoms with Crippen LogP contribution < -0.4 is 4.90 Å². The summed E-state index contributed by atoms with van der Waals surface area (Å²) in [6.07, 6.45) is 5.89. The van der Waals surface area contributed by atoms with Gasteiger partial charge in [0.05, 0.1) is 5.69 Å². The lowest BCUT2D eigenvalue weighted by Crippen LogP contribution is -2.47. The predicted molar refractivity (Wildman–Crippen MR) is 126 cm³/mol. The maximum atomic E-state index is 6.08. The fourth-order valence-electron chi connectivity index (χ4n) is 4.71. The molecule has 3 aromatic rings. The zero-order valence-electron chi connectivity index (χ0n) is 17.5. The molecule has 7 heteroatoms. The average molecular weight is 446 g/mol. The number of rotatable bonds is 4. The highest BCUT2D eigenvalue weighted by Crippen LogP contribution is 2.32. The van der Waals surface area contributed by atoms with Crippen molar-refractivity contribution in [2.45, 2.75) is 39.0 Å². The maximum absolute atomic E-state index is 6.08. The first kappa shape index (κ1) is 21.4. The number of hydrogen-bond acceptors (Lipinski definition) is 4. The molecule has 5 rings (SSSR count). The Morgan fingerprint density at radius 1 is 1.00 bits per heavy atom. The van der Waals surface area contributed by atoms with Crippen molar-refractivity contribution in [2.75, 3.05) is 37.6 Å². The van der Waals surface area contributed by atoms with Crippen LogP contribution in [-0.4, -0.2) is 52.2 Å². The zero-order valence-corrected chi connectivity index (χ0v) is 19.1. The predicted octanol–water partition coefficient (Wildman–Crippen LogP) is 4.88. The van der Waals surface area contributed by atoms with Crippen LogP contribution in [-0.2, 0) is 12.8 Å². The summed E-state index contributed by atoms with van der Waals surface area (Å²) in [5.41, 5.74) is 5.69. The van der Waals surface area contributed by atoms with E-state index in [0.717, 1.165) is 60.9 Å². The fraction of sp³-hybridized carbons (Fsp3) is 0.478. The number of aryl methyl sites for hydroxylation is 1. The molecule has 0 atom stereocenters. The van der Waals surface area contributed by atoms with Crippen LogP contribution >= 0.6 is 24.0 Å². The van der Waals surface area contributed by atoms with Gasteiger partial charge in [0.2, 0.25) is 0 Å². The molecule has 1 saturated heterocycles. The van der Waals surface area contributed by atoms with E-state index in [2.05, 4.69) is 27.3 Å². The highest BCUT2D eigenvalue weighted by Gasteiger charge is 2.26. The topological polar surface area (TPSA) is 36.7 Å². The standard InChI is InChI=1S/C23H28ClN5.ClH/c1-2-11-27-12-14-28(15-13-27)23-19-5-3-4-6-20(19)25-22-16-21(26-29(22)23)17-7-9-18(24)10-8-17;/h7-10,16H,2-6,11-15H2,1H3;1H. The number of fused-ring (bicyclic) bond motifs is 2. The molecule has 2 aromatic heterocycles. The molecule has 1 fully saturated rings. The van der Waals surface area contributed by atoms with Crippen molar-refractivity contribution in [3.05, 3.63) is 46.6 Å². The van der Waals surface area contributed by atoms with Crippen molar-refractivity contribution >= 4 is 35.5 Å². The summed E-state index contributed by atoms with van der Waals surface area (Å²) < 4.78 is 2.10. The average Bonchev–Trinajstić information content (AvgIpc) is 3.17. The summed E-state index contributed by atoms with van der Waals surface area (Å²) in [6.45, 7) is 7.82. The Hall–Kier alpha value is -1.82. The Morgan fingerprint density at radius 2 is 1.73 bits per heavy atom. The second-order valence-electron chi connectivity index (χ2n) is 8.20.